The largest absolute Gasteiger partial charge is 0.495 e. The summed E-state index contributed by atoms with van der Waals surface area (Å²) in [5, 5.41) is 1.39. The minimum absolute atomic E-state index is 0.215. The molecule has 1 N–H and O–H groups in total. The average Bonchev–Trinajstić information content (AvgIpc) is 3.17. The van der Waals surface area contributed by atoms with E-state index < -0.39 is 0 Å². The quantitative estimate of drug-likeness (QED) is 0.303. The van der Waals surface area contributed by atoms with Gasteiger partial charge in [-0.2, -0.15) is 0 Å². The molecule has 0 unspecified atom stereocenters. The van der Waals surface area contributed by atoms with Gasteiger partial charge in [-0.05, 0) is 35.9 Å². The molecule has 0 bridgehead atoms. The van der Waals surface area contributed by atoms with Gasteiger partial charge in [-0.25, -0.2) is 13.9 Å². The summed E-state index contributed by atoms with van der Waals surface area (Å²) in [7, 11) is 1.57. The zero-order valence-electron chi connectivity index (χ0n) is 16.6. The van der Waals surface area contributed by atoms with Crippen LogP contribution in [0.15, 0.2) is 82.7 Å². The van der Waals surface area contributed by atoms with Crippen molar-refractivity contribution in [3.63, 3.8) is 0 Å². The van der Waals surface area contributed by atoms with E-state index >= 15 is 0 Å². The third-order valence-corrected chi connectivity index (χ3v) is 6.09. The van der Waals surface area contributed by atoms with Gasteiger partial charge in [0.05, 0.1) is 12.8 Å². The second-order valence-electron chi connectivity index (χ2n) is 7.02. The average molecular weight is 431 g/mol. The highest BCUT2D eigenvalue weighted by molar-refractivity contribution is 7.98. The third-order valence-electron chi connectivity index (χ3n) is 5.08. The summed E-state index contributed by atoms with van der Waals surface area (Å²) in [5.41, 5.74) is 3.10. The lowest BCUT2D eigenvalue weighted by Crippen LogP contribution is -2.22. The number of nitrogens with one attached hydrogen (secondary N) is 1. The van der Waals surface area contributed by atoms with E-state index in [1.807, 2.05) is 48.5 Å². The van der Waals surface area contributed by atoms with Crippen LogP contribution in [0, 0.1) is 5.82 Å². The first kappa shape index (κ1) is 19.4. The molecule has 0 aliphatic heterocycles. The molecule has 0 amide bonds. The van der Waals surface area contributed by atoms with Gasteiger partial charge in [-0.15, -0.1) is 0 Å². The maximum Gasteiger partial charge on any atom is 0.283 e. The van der Waals surface area contributed by atoms with Gasteiger partial charge in [0.25, 0.3) is 5.56 Å². The number of halogens is 1. The Balaban J connectivity index is 1.74. The van der Waals surface area contributed by atoms with Gasteiger partial charge in [0.15, 0.2) is 5.16 Å². The predicted octanol–water partition coefficient (Wildman–Crippen LogP) is 5.31. The first-order valence-corrected chi connectivity index (χ1v) is 10.7. The standard InChI is InChI=1S/C24H18FN3O2S/c1-30-20-12-5-4-11-19(20)28-23(29)22-21(17-9-2-3-10-18(17)26-22)27-24(28)31-14-15-7-6-8-16(25)13-15/h2-13,26H,14H2,1H3. The number of H-pyrrole nitrogens is 1. The van der Waals surface area contributed by atoms with Crippen LogP contribution in [0.2, 0.25) is 0 Å². The maximum atomic E-state index is 13.6. The Morgan fingerprint density at radius 1 is 1.06 bits per heavy atom. The minimum Gasteiger partial charge on any atom is -0.495 e. The highest BCUT2D eigenvalue weighted by Crippen LogP contribution is 2.30. The van der Waals surface area contributed by atoms with E-state index in [-0.39, 0.29) is 11.4 Å². The Kier molecular flexibility index (Phi) is 4.95. The number of thioether (sulfide) groups is 1. The first-order chi connectivity index (χ1) is 15.2. The number of nitrogens with zero attached hydrogens (tertiary/aromatic N) is 2. The second-order valence-corrected chi connectivity index (χ2v) is 7.96. The molecule has 3 aromatic carbocycles. The van der Waals surface area contributed by atoms with Crippen molar-refractivity contribution in [1.29, 1.82) is 0 Å². The molecule has 7 heteroatoms. The Labute approximate surface area is 181 Å². The van der Waals surface area contributed by atoms with Crippen molar-refractivity contribution in [2.45, 2.75) is 10.9 Å². The number of rotatable bonds is 5. The van der Waals surface area contributed by atoms with Crippen LogP contribution in [0.4, 0.5) is 4.39 Å². The molecule has 0 saturated carbocycles. The number of ether oxygens (including phenoxy) is 1. The first-order valence-electron chi connectivity index (χ1n) is 9.70. The van der Waals surface area contributed by atoms with E-state index in [0.29, 0.717) is 33.4 Å². The topological polar surface area (TPSA) is 59.9 Å². The van der Waals surface area contributed by atoms with Gasteiger partial charge in [0.2, 0.25) is 0 Å². The maximum absolute atomic E-state index is 13.6. The minimum atomic E-state index is -0.291. The Morgan fingerprint density at radius 3 is 2.71 bits per heavy atom. The van der Waals surface area contributed by atoms with Gasteiger partial charge in [0, 0.05) is 16.7 Å². The summed E-state index contributed by atoms with van der Waals surface area (Å²) in [6.45, 7) is 0. The molecule has 0 aliphatic carbocycles. The van der Waals surface area contributed by atoms with Crippen LogP contribution in [0.3, 0.4) is 0 Å². The van der Waals surface area contributed by atoms with E-state index in [4.69, 9.17) is 9.72 Å². The third kappa shape index (κ3) is 3.47. The van der Waals surface area contributed by atoms with Gasteiger partial charge in [-0.3, -0.25) is 4.79 Å². The zero-order valence-corrected chi connectivity index (χ0v) is 17.4. The lowest BCUT2D eigenvalue weighted by Gasteiger charge is -2.15. The molecule has 5 rings (SSSR count). The normalized spacial score (nSPS) is 11.3. The molecule has 5 nitrogen and oxygen atoms in total. The lowest BCUT2D eigenvalue weighted by molar-refractivity contribution is 0.411. The van der Waals surface area contributed by atoms with Crippen LogP contribution in [0.1, 0.15) is 5.56 Å². The summed E-state index contributed by atoms with van der Waals surface area (Å²) < 4.78 is 20.7. The summed E-state index contributed by atoms with van der Waals surface area (Å²) in [6, 6.07) is 21.4. The van der Waals surface area contributed by atoms with Crippen LogP contribution >= 0.6 is 11.8 Å². The van der Waals surface area contributed by atoms with Crippen molar-refractivity contribution in [3.05, 3.63) is 94.5 Å². The van der Waals surface area contributed by atoms with Crippen LogP contribution in [0.25, 0.3) is 27.6 Å². The lowest BCUT2D eigenvalue weighted by atomic mass is 10.2. The Morgan fingerprint density at radius 2 is 1.87 bits per heavy atom. The number of aromatic amines is 1. The SMILES string of the molecule is COc1ccccc1-n1c(SCc2cccc(F)c2)nc2c([nH]c3ccccc32)c1=O. The molecule has 2 aromatic heterocycles. The number of para-hydroxylation sites is 3. The van der Waals surface area contributed by atoms with E-state index in [0.717, 1.165) is 16.5 Å². The smallest absolute Gasteiger partial charge is 0.283 e. The molecule has 154 valence electrons. The second kappa shape index (κ2) is 7.92. The van der Waals surface area contributed by atoms with Crippen molar-refractivity contribution >= 4 is 33.7 Å². The van der Waals surface area contributed by atoms with Crippen LogP contribution in [0.5, 0.6) is 5.75 Å². The molecule has 0 aliphatic rings. The number of methoxy groups -OCH3 is 1. The molecule has 31 heavy (non-hydrogen) atoms. The molecule has 0 fully saturated rings. The molecule has 2 heterocycles. The van der Waals surface area contributed by atoms with Gasteiger partial charge >= 0.3 is 0 Å². The summed E-state index contributed by atoms with van der Waals surface area (Å²) >= 11 is 1.38. The van der Waals surface area contributed by atoms with Crippen molar-refractivity contribution in [1.82, 2.24) is 14.5 Å². The molecule has 0 spiro atoms. The zero-order chi connectivity index (χ0) is 21.4. The Bertz CT molecular complexity index is 1480. The molecular formula is C24H18FN3O2S. The highest BCUT2D eigenvalue weighted by Gasteiger charge is 2.19. The van der Waals surface area contributed by atoms with E-state index in [1.165, 1.54) is 23.9 Å². The van der Waals surface area contributed by atoms with E-state index in [9.17, 15) is 9.18 Å². The Hall–Kier alpha value is -3.58. The van der Waals surface area contributed by atoms with E-state index in [2.05, 4.69) is 4.98 Å². The van der Waals surface area contributed by atoms with Gasteiger partial charge < -0.3 is 9.72 Å². The number of aromatic nitrogens is 3. The van der Waals surface area contributed by atoms with E-state index in [1.54, 1.807) is 23.8 Å². The summed E-state index contributed by atoms with van der Waals surface area (Å²) in [6.07, 6.45) is 0. The monoisotopic (exact) mass is 431 g/mol. The van der Waals surface area contributed by atoms with Crippen LogP contribution in [-0.2, 0) is 5.75 Å². The molecule has 0 atom stereocenters. The predicted molar refractivity (Wildman–Crippen MR) is 122 cm³/mol. The summed E-state index contributed by atoms with van der Waals surface area (Å²) in [4.78, 5) is 21.7. The van der Waals surface area contributed by atoms with Crippen molar-refractivity contribution in [2.24, 2.45) is 0 Å². The van der Waals surface area contributed by atoms with Crippen molar-refractivity contribution < 1.29 is 9.13 Å². The molecule has 0 saturated heterocycles. The number of fused-ring (bicyclic) bond motifs is 3. The highest BCUT2D eigenvalue weighted by atomic mass is 32.2. The fourth-order valence-corrected chi connectivity index (χ4v) is 4.58. The van der Waals surface area contributed by atoms with Crippen LogP contribution < -0.4 is 10.3 Å². The summed E-state index contributed by atoms with van der Waals surface area (Å²) in [5.74, 6) is 0.738. The number of benzene rings is 3. The van der Waals surface area contributed by atoms with Gasteiger partial charge in [-0.1, -0.05) is 54.2 Å². The fourth-order valence-electron chi connectivity index (χ4n) is 3.64. The molecule has 5 aromatic rings. The fraction of sp³-hybridized carbons (Fsp3) is 0.0833. The number of hydrogen-bond donors (Lipinski definition) is 1. The van der Waals surface area contributed by atoms with Crippen LogP contribution in [-0.4, -0.2) is 21.6 Å². The van der Waals surface area contributed by atoms with Crippen molar-refractivity contribution in [3.8, 4) is 11.4 Å². The molecule has 0 radical (unpaired) electrons. The number of hydrogen-bond acceptors (Lipinski definition) is 4. The molecular weight excluding hydrogens is 413 g/mol. The van der Waals surface area contributed by atoms with Gasteiger partial charge in [0.1, 0.15) is 22.6 Å². The van der Waals surface area contributed by atoms with Crippen molar-refractivity contribution in [2.75, 3.05) is 7.11 Å².